The molecule has 2 N–H and O–H groups in total. The topological polar surface area (TPSA) is 68.2 Å². The molecule has 5 heteroatoms. The van der Waals surface area contributed by atoms with Gasteiger partial charge in [0.25, 0.3) is 0 Å². The lowest BCUT2D eigenvalue weighted by Gasteiger charge is -2.59. The van der Waals surface area contributed by atoms with E-state index in [9.17, 15) is 10.2 Å². The van der Waals surface area contributed by atoms with Crippen LogP contribution in [0.5, 0.6) is 0 Å². The largest absolute Gasteiger partial charge is 0.393 e. The summed E-state index contributed by atoms with van der Waals surface area (Å²) >= 11 is 0. The van der Waals surface area contributed by atoms with Crippen molar-refractivity contribution in [1.82, 2.24) is 0 Å². The van der Waals surface area contributed by atoms with Crippen molar-refractivity contribution in [2.75, 3.05) is 13.2 Å². The van der Waals surface area contributed by atoms with E-state index in [1.54, 1.807) is 0 Å². The van der Waals surface area contributed by atoms with E-state index in [-0.39, 0.29) is 34.9 Å². The highest BCUT2D eigenvalue weighted by molar-refractivity contribution is 5.28. The lowest BCUT2D eigenvalue weighted by Crippen LogP contribution is -2.62. The quantitative estimate of drug-likeness (QED) is 0.648. The van der Waals surface area contributed by atoms with Crippen LogP contribution in [0.25, 0.3) is 0 Å². The predicted octanol–water partition coefficient (Wildman–Crippen LogP) is 2.36. The normalized spacial score (nSPS) is 62.9. The van der Waals surface area contributed by atoms with Gasteiger partial charge in [-0.25, -0.2) is 0 Å². The average molecular weight is 362 g/mol. The maximum Gasteiger partial charge on any atom is 0.177 e. The van der Waals surface area contributed by atoms with Crippen molar-refractivity contribution in [3.05, 3.63) is 11.6 Å². The number of aliphatic hydroxyl groups excluding tert-OH is 1. The van der Waals surface area contributed by atoms with Gasteiger partial charge >= 0.3 is 0 Å². The maximum absolute atomic E-state index is 12.0. The van der Waals surface area contributed by atoms with Crippen LogP contribution in [-0.4, -0.2) is 47.2 Å². The molecule has 5 nitrogen and oxygen atoms in total. The number of allylic oxidation sites excluding steroid dienone is 1. The van der Waals surface area contributed by atoms with E-state index >= 15 is 0 Å². The van der Waals surface area contributed by atoms with Crippen molar-refractivity contribution in [2.45, 2.75) is 76.2 Å². The number of fused-ring (bicyclic) bond motifs is 4. The molecule has 26 heavy (non-hydrogen) atoms. The number of hydrogen-bond acceptors (Lipinski definition) is 5. The van der Waals surface area contributed by atoms with Crippen molar-refractivity contribution in [2.24, 2.45) is 28.6 Å². The molecule has 3 saturated heterocycles. The van der Waals surface area contributed by atoms with Crippen LogP contribution in [0.3, 0.4) is 0 Å². The Morgan fingerprint density at radius 3 is 2.81 bits per heavy atom. The number of rotatable bonds is 0. The zero-order chi connectivity index (χ0) is 17.9. The minimum atomic E-state index is -1.12. The van der Waals surface area contributed by atoms with Gasteiger partial charge in [0, 0.05) is 5.92 Å². The van der Waals surface area contributed by atoms with Gasteiger partial charge in [-0.05, 0) is 56.8 Å². The Kier molecular flexibility index (Phi) is 3.01. The fourth-order valence-electron chi connectivity index (χ4n) is 7.96. The highest BCUT2D eigenvalue weighted by atomic mass is 16.7. The Morgan fingerprint density at radius 2 is 1.96 bits per heavy atom. The van der Waals surface area contributed by atoms with Crippen LogP contribution in [0.15, 0.2) is 11.6 Å². The van der Waals surface area contributed by atoms with Gasteiger partial charge in [-0.15, -0.1) is 0 Å². The second-order valence-electron chi connectivity index (χ2n) is 10.1. The third-order valence-corrected chi connectivity index (χ3v) is 9.24. The van der Waals surface area contributed by atoms with Crippen molar-refractivity contribution in [1.29, 1.82) is 0 Å². The average Bonchev–Trinajstić information content (AvgIpc) is 3.18. The zero-order valence-electron chi connectivity index (χ0n) is 15.7. The van der Waals surface area contributed by atoms with Crippen LogP contribution in [0.2, 0.25) is 0 Å². The number of ether oxygens (including phenoxy) is 3. The van der Waals surface area contributed by atoms with Crippen LogP contribution >= 0.6 is 0 Å². The molecule has 0 aromatic rings. The van der Waals surface area contributed by atoms with Gasteiger partial charge < -0.3 is 24.4 Å². The van der Waals surface area contributed by atoms with E-state index in [4.69, 9.17) is 14.2 Å². The van der Waals surface area contributed by atoms with Crippen molar-refractivity contribution >= 4 is 0 Å². The first kappa shape index (κ1) is 16.5. The molecule has 3 aliphatic heterocycles. The highest BCUT2D eigenvalue weighted by Gasteiger charge is 2.80. The van der Waals surface area contributed by atoms with Gasteiger partial charge in [-0.1, -0.05) is 18.6 Å². The first-order valence-electron chi connectivity index (χ1n) is 10.4. The Bertz CT molecular complexity index is 692. The van der Waals surface area contributed by atoms with E-state index in [1.807, 2.05) is 6.92 Å². The Morgan fingerprint density at radius 1 is 1.12 bits per heavy atom. The predicted molar refractivity (Wildman–Crippen MR) is 92.9 cm³/mol. The molecule has 6 rings (SSSR count). The summed E-state index contributed by atoms with van der Waals surface area (Å²) in [6, 6.07) is 0. The second kappa shape index (κ2) is 4.74. The molecule has 3 heterocycles. The van der Waals surface area contributed by atoms with Crippen LogP contribution in [0, 0.1) is 28.6 Å². The SMILES string of the molecule is C[C@@]12OC[C@H]3O[C@]4(O)[C@@H]5CC=C6C[C@@H](O)CC[C@]6(C)[C@H]5CC[C@]4(CO1)[C@H]32. The molecular weight excluding hydrogens is 332 g/mol. The molecule has 9 atom stereocenters. The van der Waals surface area contributed by atoms with Crippen molar-refractivity contribution in [3.63, 3.8) is 0 Å². The molecule has 0 bridgehead atoms. The third-order valence-electron chi connectivity index (χ3n) is 9.24. The minimum Gasteiger partial charge on any atom is -0.393 e. The summed E-state index contributed by atoms with van der Waals surface area (Å²) in [6.07, 6.45) is 7.60. The van der Waals surface area contributed by atoms with E-state index < -0.39 is 11.6 Å². The van der Waals surface area contributed by atoms with Crippen LogP contribution in [0.1, 0.15) is 52.4 Å². The lowest BCUT2D eigenvalue weighted by molar-refractivity contribution is -0.308. The molecule has 0 unspecified atom stereocenters. The van der Waals surface area contributed by atoms with E-state index in [0.717, 1.165) is 38.5 Å². The van der Waals surface area contributed by atoms with Gasteiger partial charge in [-0.2, -0.15) is 0 Å². The lowest BCUT2D eigenvalue weighted by atomic mass is 9.47. The van der Waals surface area contributed by atoms with Gasteiger partial charge in [0.2, 0.25) is 0 Å². The Balaban J connectivity index is 1.43. The van der Waals surface area contributed by atoms with Crippen molar-refractivity contribution in [3.8, 4) is 0 Å². The third kappa shape index (κ3) is 1.63. The zero-order valence-corrected chi connectivity index (χ0v) is 15.7. The van der Waals surface area contributed by atoms with Gasteiger partial charge in [0.05, 0.1) is 36.8 Å². The molecule has 1 spiro atoms. The van der Waals surface area contributed by atoms with Gasteiger partial charge in [0.15, 0.2) is 11.6 Å². The fourth-order valence-corrected chi connectivity index (χ4v) is 7.96. The fraction of sp³-hybridized carbons (Fsp3) is 0.905. The van der Waals surface area contributed by atoms with E-state index in [2.05, 4.69) is 13.0 Å². The van der Waals surface area contributed by atoms with Gasteiger partial charge in [-0.3, -0.25) is 0 Å². The Hall–Kier alpha value is -0.460. The first-order valence-corrected chi connectivity index (χ1v) is 10.4. The molecule has 6 aliphatic rings. The van der Waals surface area contributed by atoms with E-state index in [0.29, 0.717) is 19.1 Å². The minimum absolute atomic E-state index is 0.0578. The van der Waals surface area contributed by atoms with Gasteiger partial charge in [0.1, 0.15) is 0 Å². The Labute approximate surface area is 154 Å². The van der Waals surface area contributed by atoms with Crippen LogP contribution in [-0.2, 0) is 14.2 Å². The monoisotopic (exact) mass is 362 g/mol. The summed E-state index contributed by atoms with van der Waals surface area (Å²) < 4.78 is 18.5. The molecule has 144 valence electrons. The molecule has 2 saturated carbocycles. The first-order chi connectivity index (χ1) is 12.3. The van der Waals surface area contributed by atoms with Crippen LogP contribution < -0.4 is 0 Å². The number of aliphatic hydroxyl groups is 2. The van der Waals surface area contributed by atoms with E-state index in [1.165, 1.54) is 5.57 Å². The highest BCUT2D eigenvalue weighted by Crippen LogP contribution is 2.72. The number of hydrogen-bond donors (Lipinski definition) is 2. The standard InChI is InChI=1S/C21H30O5/c1-18-7-5-13(22)9-12(18)3-4-15-14(18)6-8-20-11-25-19(2)17(20)16(10-24-19)26-21(15,20)23/h3,13-17,22-23H,4-11H2,1-2H3/t13-,14-,15+,16+,17+,18-,19+,20-,21+/m0/s1. The van der Waals surface area contributed by atoms with Crippen LogP contribution in [0.4, 0.5) is 0 Å². The second-order valence-corrected chi connectivity index (χ2v) is 10.1. The summed E-state index contributed by atoms with van der Waals surface area (Å²) in [5.74, 6) is -1.06. The molecule has 0 aromatic carbocycles. The van der Waals surface area contributed by atoms with Crippen molar-refractivity contribution < 1.29 is 24.4 Å². The maximum atomic E-state index is 12.0. The molecular formula is C21H30O5. The summed E-state index contributed by atoms with van der Waals surface area (Å²) in [4.78, 5) is 0. The summed E-state index contributed by atoms with van der Waals surface area (Å²) in [7, 11) is 0. The molecule has 5 fully saturated rings. The summed E-state index contributed by atoms with van der Waals surface area (Å²) in [6.45, 7) is 5.44. The summed E-state index contributed by atoms with van der Waals surface area (Å²) in [5.41, 5.74) is 1.16. The smallest absolute Gasteiger partial charge is 0.177 e. The molecule has 3 aliphatic carbocycles. The summed E-state index contributed by atoms with van der Waals surface area (Å²) in [5, 5.41) is 22.2. The molecule has 0 amide bonds. The molecule has 0 radical (unpaired) electrons. The molecule has 0 aromatic heterocycles.